The first-order valence-electron chi connectivity index (χ1n) is 19.3. The highest BCUT2D eigenvalue weighted by Crippen LogP contribution is 2.56. The molecule has 10 rings (SSSR count). The van der Waals surface area contributed by atoms with Crippen LogP contribution in [0, 0.1) is 0 Å². The molecule has 1 aliphatic heterocycles. The van der Waals surface area contributed by atoms with Crippen molar-refractivity contribution in [1.29, 1.82) is 0 Å². The molecule has 266 valence electrons. The molecule has 1 fully saturated rings. The molecule has 0 bridgehead atoms. The Morgan fingerprint density at radius 2 is 1.04 bits per heavy atom. The number of benzene rings is 6. The Balaban J connectivity index is 1.09. The lowest BCUT2D eigenvalue weighted by Gasteiger charge is -2.35. The number of fused-ring (bicyclic) bond motifs is 5. The summed E-state index contributed by atoms with van der Waals surface area (Å²) < 4.78 is 0. The summed E-state index contributed by atoms with van der Waals surface area (Å²) in [5.74, 6) is 3.30. The van der Waals surface area contributed by atoms with E-state index in [1.165, 1.54) is 54.4 Å². The highest BCUT2D eigenvalue weighted by Gasteiger charge is 2.43. The van der Waals surface area contributed by atoms with Crippen LogP contribution < -0.4 is 5.32 Å². The van der Waals surface area contributed by atoms with Crippen LogP contribution in [-0.4, -0.2) is 26.6 Å². The van der Waals surface area contributed by atoms with Crippen LogP contribution in [0.15, 0.2) is 168 Å². The first-order chi connectivity index (χ1) is 27.1. The lowest BCUT2D eigenvalue weighted by Crippen LogP contribution is -2.46. The third-order valence-corrected chi connectivity index (χ3v) is 11.6. The fraction of sp³-hybridized carbons (Fsp3) is 0.163. The van der Waals surface area contributed by atoms with Crippen molar-refractivity contribution >= 4 is 11.7 Å². The van der Waals surface area contributed by atoms with Crippen molar-refractivity contribution in [3.63, 3.8) is 0 Å². The van der Waals surface area contributed by atoms with Crippen molar-refractivity contribution in [2.75, 3.05) is 0 Å². The normalized spacial score (nSPS) is 18.1. The highest BCUT2D eigenvalue weighted by molar-refractivity contribution is 6.13. The minimum Gasteiger partial charge on any atom is -0.342 e. The molecule has 0 saturated heterocycles. The topological polar surface area (TPSA) is 75.4 Å². The van der Waals surface area contributed by atoms with Gasteiger partial charge in [0.1, 0.15) is 5.84 Å². The van der Waals surface area contributed by atoms with Crippen LogP contribution in [0.3, 0.4) is 0 Å². The van der Waals surface area contributed by atoms with Crippen molar-refractivity contribution in [2.24, 2.45) is 9.98 Å². The molecule has 55 heavy (non-hydrogen) atoms. The molecule has 1 atom stereocenters. The van der Waals surface area contributed by atoms with Gasteiger partial charge in [-0.25, -0.2) is 24.9 Å². The molecule has 1 spiro atoms. The molecule has 1 unspecified atom stereocenters. The number of nitrogens with zero attached hydrogens (tertiary/aromatic N) is 5. The average molecular weight is 713 g/mol. The summed E-state index contributed by atoms with van der Waals surface area (Å²) in [6, 6.07) is 54.9. The maximum Gasteiger partial charge on any atom is 0.164 e. The second-order valence-corrected chi connectivity index (χ2v) is 15.0. The molecule has 7 aromatic rings. The van der Waals surface area contributed by atoms with Gasteiger partial charge in [-0.05, 0) is 59.7 Å². The summed E-state index contributed by atoms with van der Waals surface area (Å²) in [6.45, 7) is 2.10. The monoisotopic (exact) mass is 712 g/mol. The zero-order valence-electron chi connectivity index (χ0n) is 30.8. The zero-order chi connectivity index (χ0) is 36.8. The fourth-order valence-corrected chi connectivity index (χ4v) is 8.84. The largest absolute Gasteiger partial charge is 0.342 e. The van der Waals surface area contributed by atoms with Crippen molar-refractivity contribution in [1.82, 2.24) is 20.3 Å². The van der Waals surface area contributed by atoms with Gasteiger partial charge in [0.05, 0.1) is 0 Å². The van der Waals surface area contributed by atoms with Gasteiger partial charge in [-0.1, -0.05) is 165 Å². The summed E-state index contributed by atoms with van der Waals surface area (Å²) in [6.07, 6.45) is 6.24. The van der Waals surface area contributed by atoms with E-state index in [0.29, 0.717) is 23.3 Å². The second-order valence-electron chi connectivity index (χ2n) is 15.0. The van der Waals surface area contributed by atoms with Crippen LogP contribution >= 0.6 is 0 Å². The maximum absolute atomic E-state index is 5.20. The van der Waals surface area contributed by atoms with Gasteiger partial charge in [-0.15, -0.1) is 0 Å². The predicted octanol–water partition coefficient (Wildman–Crippen LogP) is 10.8. The minimum absolute atomic E-state index is 0.0974. The van der Waals surface area contributed by atoms with Gasteiger partial charge in [0.25, 0.3) is 0 Å². The van der Waals surface area contributed by atoms with Gasteiger partial charge in [0.2, 0.25) is 0 Å². The molecule has 2 heterocycles. The van der Waals surface area contributed by atoms with E-state index in [1.807, 2.05) is 60.7 Å². The molecule has 6 aromatic carbocycles. The fourth-order valence-electron chi connectivity index (χ4n) is 8.84. The van der Waals surface area contributed by atoms with Crippen LogP contribution in [0.25, 0.3) is 45.3 Å². The first-order valence-corrected chi connectivity index (χ1v) is 19.3. The summed E-state index contributed by atoms with van der Waals surface area (Å²) in [4.78, 5) is 25.7. The van der Waals surface area contributed by atoms with Crippen molar-refractivity contribution in [3.05, 3.63) is 186 Å². The summed E-state index contributed by atoms with van der Waals surface area (Å²) in [5, 5.41) is 3.68. The second kappa shape index (κ2) is 13.4. The number of nitrogens with one attached hydrogen (secondary N) is 1. The van der Waals surface area contributed by atoms with E-state index in [-0.39, 0.29) is 5.41 Å². The lowest BCUT2D eigenvalue weighted by molar-refractivity contribution is 0.353. The zero-order valence-corrected chi connectivity index (χ0v) is 30.8. The van der Waals surface area contributed by atoms with E-state index in [4.69, 9.17) is 24.9 Å². The van der Waals surface area contributed by atoms with Crippen LogP contribution in [0.2, 0.25) is 0 Å². The van der Waals surface area contributed by atoms with E-state index in [9.17, 15) is 0 Å². The molecule has 2 aliphatic carbocycles. The molecule has 1 aromatic heterocycles. The number of aromatic nitrogens is 3. The molecule has 6 nitrogen and oxygen atoms in total. The van der Waals surface area contributed by atoms with Gasteiger partial charge in [0, 0.05) is 33.2 Å². The maximum atomic E-state index is 5.20. The number of hydrogen-bond acceptors (Lipinski definition) is 6. The Kier molecular flexibility index (Phi) is 8.06. The smallest absolute Gasteiger partial charge is 0.164 e. The summed E-state index contributed by atoms with van der Waals surface area (Å²) >= 11 is 0. The van der Waals surface area contributed by atoms with Crippen LogP contribution in [-0.2, 0) is 11.1 Å². The van der Waals surface area contributed by atoms with Crippen LogP contribution in [0.5, 0.6) is 0 Å². The minimum atomic E-state index is -0.733. The Morgan fingerprint density at radius 3 is 1.76 bits per heavy atom. The number of rotatable bonds is 6. The highest BCUT2D eigenvalue weighted by atomic mass is 15.2. The van der Waals surface area contributed by atoms with Crippen molar-refractivity contribution in [3.8, 4) is 45.3 Å². The standard InChI is InChI=1S/C49H40N6/c1-48(38-23-10-4-11-24-38)54-46(34-19-8-3-9-20-34)53-47(55-48)36-22-16-21-35(31-36)44-50-43(33-17-6-2-7-18-33)51-45(52-44)37-27-28-42-40(32-37)39-25-12-13-26-41(39)49(42)29-14-5-15-30-49/h2-4,6-13,16-28,31-32H,5,14-15,29-30H2,1H3,(H,53,54,55). The van der Waals surface area contributed by atoms with Crippen LogP contribution in [0.4, 0.5) is 0 Å². The molecule has 6 heteroatoms. The Labute approximate surface area is 321 Å². The van der Waals surface area contributed by atoms with Gasteiger partial charge in [-0.3, -0.25) is 0 Å². The molecule has 1 saturated carbocycles. The van der Waals surface area contributed by atoms with Gasteiger partial charge in [0.15, 0.2) is 29.0 Å². The van der Waals surface area contributed by atoms with Gasteiger partial charge < -0.3 is 5.32 Å². The number of amidine groups is 2. The number of hydrogen-bond donors (Lipinski definition) is 1. The van der Waals surface area contributed by atoms with E-state index in [0.717, 1.165) is 39.2 Å². The van der Waals surface area contributed by atoms with Crippen LogP contribution in [0.1, 0.15) is 66.8 Å². The van der Waals surface area contributed by atoms with E-state index in [1.54, 1.807) is 0 Å². The third-order valence-electron chi connectivity index (χ3n) is 11.6. The van der Waals surface area contributed by atoms with Gasteiger partial charge in [-0.2, -0.15) is 0 Å². The summed E-state index contributed by atoms with van der Waals surface area (Å²) in [5.41, 5.74) is 10.7. The molecular weight excluding hydrogens is 673 g/mol. The quantitative estimate of drug-likeness (QED) is 0.186. The van der Waals surface area contributed by atoms with E-state index < -0.39 is 5.66 Å². The molecular formula is C49H40N6. The number of aliphatic imine (C=N–C) groups is 2. The van der Waals surface area contributed by atoms with Crippen molar-refractivity contribution in [2.45, 2.75) is 50.1 Å². The molecule has 3 aliphatic rings. The van der Waals surface area contributed by atoms with Gasteiger partial charge >= 0.3 is 0 Å². The molecule has 1 N–H and O–H groups in total. The first kappa shape index (κ1) is 33.1. The van der Waals surface area contributed by atoms with E-state index >= 15 is 0 Å². The van der Waals surface area contributed by atoms with E-state index in [2.05, 4.69) is 109 Å². The Bertz CT molecular complexity index is 2610. The van der Waals surface area contributed by atoms with Crippen molar-refractivity contribution < 1.29 is 0 Å². The molecule has 0 radical (unpaired) electrons. The predicted molar refractivity (Wildman–Crippen MR) is 222 cm³/mol. The summed E-state index contributed by atoms with van der Waals surface area (Å²) in [7, 11) is 0. The SMILES string of the molecule is CC1(c2ccccc2)N=C(c2ccccc2)N=C(c2cccc(-c3nc(-c4ccccc4)nc(-c4ccc5c(c4)-c4ccccc4C54CCCCC4)n3)c2)N1. The Morgan fingerprint density at radius 1 is 0.473 bits per heavy atom. The average Bonchev–Trinajstić information content (AvgIpc) is 3.52. The third kappa shape index (κ3) is 5.86. The molecule has 0 amide bonds. The Hall–Kier alpha value is -6.53. The lowest BCUT2D eigenvalue weighted by atomic mass is 9.68.